The molecule has 0 bridgehead atoms. The maximum absolute atomic E-state index is 12.3. The number of aliphatic hydroxyl groups excluding tert-OH is 1. The van der Waals surface area contributed by atoms with Crippen LogP contribution in [-0.2, 0) is 30.4 Å². The van der Waals surface area contributed by atoms with Gasteiger partial charge in [-0.3, -0.25) is 9.59 Å². The first kappa shape index (κ1) is 27.6. The summed E-state index contributed by atoms with van der Waals surface area (Å²) >= 11 is 1.42. The van der Waals surface area contributed by atoms with Crippen LogP contribution in [0, 0.1) is 5.21 Å². The summed E-state index contributed by atoms with van der Waals surface area (Å²) in [5, 5.41) is 24.8. The van der Waals surface area contributed by atoms with Crippen LogP contribution in [0.25, 0.3) is 0 Å². The van der Waals surface area contributed by atoms with Crippen molar-refractivity contribution >= 4 is 29.3 Å². The Hall–Kier alpha value is -3.44. The Balaban J connectivity index is 1.48. The highest BCUT2D eigenvalue weighted by Crippen LogP contribution is 2.39. The number of aliphatic hydroxyl groups is 1. The number of anilines is 1. The molecular weight excluding hydrogens is 508 g/mol. The Labute approximate surface area is 225 Å². The highest BCUT2D eigenvalue weighted by molar-refractivity contribution is 7.99. The van der Waals surface area contributed by atoms with Gasteiger partial charge in [-0.05, 0) is 36.2 Å². The molecule has 0 aliphatic carbocycles. The van der Waals surface area contributed by atoms with Crippen molar-refractivity contribution in [1.82, 2.24) is 0 Å². The van der Waals surface area contributed by atoms with E-state index in [4.69, 9.17) is 14.2 Å². The number of pyridine rings is 1. The number of amides is 1. The van der Waals surface area contributed by atoms with Crippen LogP contribution >= 0.6 is 11.8 Å². The van der Waals surface area contributed by atoms with Crippen LogP contribution in [0.5, 0.6) is 0 Å². The number of aromatic nitrogens is 1. The largest absolute Gasteiger partial charge is 0.618 e. The van der Waals surface area contributed by atoms with Crippen LogP contribution in [0.1, 0.15) is 49.4 Å². The fraction of sp³-hybridized carbons (Fsp3) is 0.321. The number of carbonyl (C=O) groups excluding carboxylic acids is 2. The van der Waals surface area contributed by atoms with E-state index in [1.54, 1.807) is 36.4 Å². The van der Waals surface area contributed by atoms with Gasteiger partial charge < -0.3 is 29.8 Å². The molecule has 2 aromatic carbocycles. The Morgan fingerprint density at radius 2 is 1.82 bits per heavy atom. The summed E-state index contributed by atoms with van der Waals surface area (Å²) in [4.78, 5) is 23.4. The van der Waals surface area contributed by atoms with Gasteiger partial charge in [0.25, 0.3) is 10.9 Å². The molecule has 38 heavy (non-hydrogen) atoms. The average molecular weight is 539 g/mol. The van der Waals surface area contributed by atoms with Gasteiger partial charge in [0.15, 0.2) is 18.6 Å². The number of hydrogen-bond acceptors (Lipinski definition) is 8. The molecule has 1 aliphatic heterocycles. The van der Waals surface area contributed by atoms with Gasteiger partial charge in [0, 0.05) is 42.5 Å². The average Bonchev–Trinajstić information content (AvgIpc) is 2.92. The molecule has 1 saturated heterocycles. The van der Waals surface area contributed by atoms with Crippen LogP contribution in [0.4, 0.5) is 5.69 Å². The summed E-state index contributed by atoms with van der Waals surface area (Å²) in [7, 11) is 0. The third-order valence-electron chi connectivity index (χ3n) is 5.98. The third-order valence-corrected chi connectivity index (χ3v) is 7.13. The van der Waals surface area contributed by atoms with Gasteiger partial charge in [-0.15, -0.1) is 0 Å². The number of thioether (sulfide) groups is 1. The number of benzene rings is 2. The molecule has 2 heterocycles. The first-order valence-electron chi connectivity index (χ1n) is 12.2. The zero-order chi connectivity index (χ0) is 27.1. The van der Waals surface area contributed by atoms with Crippen LogP contribution in [0.15, 0.2) is 78.0 Å². The second kappa shape index (κ2) is 12.9. The number of esters is 1. The Bertz CT molecular complexity index is 1240. The minimum atomic E-state index is -0.911. The standard InChI is InChI=1S/C28H30N2O7S/c1-18(35-19(2)32)27(33)29-23-12-10-22(11-13-23)28-36-24(17-38-26-5-3-4-14-30(26)34)15-25(37-28)21-8-6-20(16-31)7-9-21/h3-14,18,24-25,28,31H,15-17H2,1-2H3,(H,29,33)/t18-,24-,25+,28+/m0/s1. The fourth-order valence-electron chi connectivity index (χ4n) is 4.00. The topological polar surface area (TPSA) is 121 Å². The van der Waals surface area contributed by atoms with Crippen molar-refractivity contribution in [3.63, 3.8) is 0 Å². The highest BCUT2D eigenvalue weighted by atomic mass is 32.2. The predicted molar refractivity (Wildman–Crippen MR) is 141 cm³/mol. The molecule has 0 saturated carbocycles. The molecule has 2 N–H and O–H groups in total. The second-order valence-corrected chi connectivity index (χ2v) is 9.93. The van der Waals surface area contributed by atoms with Gasteiger partial charge >= 0.3 is 5.97 Å². The zero-order valence-electron chi connectivity index (χ0n) is 21.1. The number of carbonyl (C=O) groups is 2. The predicted octanol–water partition coefficient (Wildman–Crippen LogP) is 4.04. The van der Waals surface area contributed by atoms with Gasteiger partial charge in [0.2, 0.25) is 0 Å². The lowest BCUT2D eigenvalue weighted by Gasteiger charge is -2.36. The molecule has 200 valence electrons. The van der Waals surface area contributed by atoms with Gasteiger partial charge in [-0.25, -0.2) is 0 Å². The molecule has 0 radical (unpaired) electrons. The quantitative estimate of drug-likeness (QED) is 0.181. The smallest absolute Gasteiger partial charge is 0.303 e. The molecular formula is C28H30N2O7S. The molecule has 9 nitrogen and oxygen atoms in total. The maximum Gasteiger partial charge on any atom is 0.303 e. The molecule has 1 fully saturated rings. The monoisotopic (exact) mass is 538 g/mol. The molecule has 1 aliphatic rings. The molecule has 4 rings (SSSR count). The SMILES string of the molecule is CC(=O)O[C@@H](C)C(=O)Nc1ccc([C@@H]2O[C@H](CSc3cccc[n+]3[O-])C[C@H](c3ccc(CO)cc3)O2)cc1. The number of ether oxygens (including phenoxy) is 3. The van der Waals surface area contributed by atoms with Crippen molar-refractivity contribution in [3.05, 3.63) is 94.8 Å². The maximum atomic E-state index is 12.3. The summed E-state index contributed by atoms with van der Waals surface area (Å²) in [6, 6.07) is 20.0. The third kappa shape index (κ3) is 7.32. The Morgan fingerprint density at radius 3 is 2.47 bits per heavy atom. The van der Waals surface area contributed by atoms with Crippen molar-refractivity contribution in [2.75, 3.05) is 11.1 Å². The lowest BCUT2D eigenvalue weighted by atomic mass is 10.0. The van der Waals surface area contributed by atoms with Gasteiger partial charge in [-0.1, -0.05) is 48.2 Å². The summed E-state index contributed by atoms with van der Waals surface area (Å²) in [6.45, 7) is 2.72. The zero-order valence-corrected chi connectivity index (χ0v) is 21.9. The second-order valence-electron chi connectivity index (χ2n) is 8.89. The van der Waals surface area contributed by atoms with Crippen LogP contribution in [-0.4, -0.2) is 34.9 Å². The summed E-state index contributed by atoms with van der Waals surface area (Å²) in [5.41, 5.74) is 3.09. The van der Waals surface area contributed by atoms with Gasteiger partial charge in [-0.2, -0.15) is 4.73 Å². The van der Waals surface area contributed by atoms with Crippen LogP contribution in [0.3, 0.4) is 0 Å². The Morgan fingerprint density at radius 1 is 1.11 bits per heavy atom. The van der Waals surface area contributed by atoms with E-state index in [1.807, 2.05) is 30.3 Å². The van der Waals surface area contributed by atoms with Crippen molar-refractivity contribution in [2.24, 2.45) is 0 Å². The van der Waals surface area contributed by atoms with E-state index in [-0.39, 0.29) is 18.8 Å². The molecule has 0 unspecified atom stereocenters. The van der Waals surface area contributed by atoms with E-state index in [2.05, 4.69) is 5.32 Å². The summed E-state index contributed by atoms with van der Waals surface area (Å²) < 4.78 is 18.4. The van der Waals surface area contributed by atoms with Crippen molar-refractivity contribution in [1.29, 1.82) is 0 Å². The normalized spacial score (nSPS) is 19.9. The summed E-state index contributed by atoms with van der Waals surface area (Å²) in [5.74, 6) is -0.405. The van der Waals surface area contributed by atoms with Gasteiger partial charge in [0.1, 0.15) is 0 Å². The first-order chi connectivity index (χ1) is 18.3. The minimum Gasteiger partial charge on any atom is -0.618 e. The number of rotatable bonds is 9. The van der Waals surface area contributed by atoms with E-state index in [1.165, 1.54) is 31.8 Å². The van der Waals surface area contributed by atoms with Gasteiger partial charge in [0.05, 0.1) is 18.8 Å². The number of nitrogens with zero attached hydrogens (tertiary/aromatic N) is 1. The molecule has 1 amide bonds. The highest BCUT2D eigenvalue weighted by Gasteiger charge is 2.32. The molecule has 1 aromatic heterocycles. The number of nitrogens with one attached hydrogen (secondary N) is 1. The Kier molecular flexibility index (Phi) is 9.35. The first-order valence-corrected chi connectivity index (χ1v) is 13.2. The molecule has 3 aromatic rings. The van der Waals surface area contributed by atoms with Crippen LogP contribution < -0.4 is 10.0 Å². The van der Waals surface area contributed by atoms with Crippen molar-refractivity contribution in [2.45, 2.75) is 56.5 Å². The summed E-state index contributed by atoms with van der Waals surface area (Å²) in [6.07, 6.45) is 0.0178. The van der Waals surface area contributed by atoms with E-state index >= 15 is 0 Å². The molecule has 0 spiro atoms. The van der Waals surface area contributed by atoms with E-state index in [0.29, 0.717) is 22.9 Å². The van der Waals surface area contributed by atoms with E-state index in [0.717, 1.165) is 21.4 Å². The lowest BCUT2D eigenvalue weighted by molar-refractivity contribution is -0.645. The molecule has 4 atom stereocenters. The van der Waals surface area contributed by atoms with Crippen LogP contribution in [0.2, 0.25) is 0 Å². The minimum absolute atomic E-state index is 0.0361. The van der Waals surface area contributed by atoms with Crippen molar-refractivity contribution in [3.8, 4) is 0 Å². The van der Waals surface area contributed by atoms with E-state index < -0.39 is 24.3 Å². The molecule has 10 heteroatoms. The van der Waals surface area contributed by atoms with Crippen molar-refractivity contribution < 1.29 is 33.6 Å². The van der Waals surface area contributed by atoms with E-state index in [9.17, 15) is 19.9 Å². The fourth-order valence-corrected chi connectivity index (χ4v) is 4.93. The number of hydrogen-bond donors (Lipinski definition) is 2. The lowest BCUT2D eigenvalue weighted by Crippen LogP contribution is -2.32.